The van der Waals surface area contributed by atoms with E-state index in [1.165, 1.54) is 12.8 Å². The number of primary amides is 1. The molecular formula is C31H47N3O3. The zero-order chi connectivity index (χ0) is 26.6. The van der Waals surface area contributed by atoms with E-state index in [2.05, 4.69) is 31.0 Å². The number of nitrogens with zero attached hydrogens (tertiary/aromatic N) is 1. The molecule has 0 spiro atoms. The molecule has 0 heterocycles. The van der Waals surface area contributed by atoms with Gasteiger partial charge in [0.2, 0.25) is 11.8 Å². The van der Waals surface area contributed by atoms with Crippen molar-refractivity contribution in [2.45, 2.75) is 123 Å². The van der Waals surface area contributed by atoms with Crippen molar-refractivity contribution in [1.82, 2.24) is 4.90 Å². The van der Waals surface area contributed by atoms with E-state index in [9.17, 15) is 14.4 Å². The van der Waals surface area contributed by atoms with Crippen molar-refractivity contribution < 1.29 is 14.4 Å². The fourth-order valence-corrected chi connectivity index (χ4v) is 6.93. The Balaban J connectivity index is 1.54. The van der Waals surface area contributed by atoms with Crippen LogP contribution in [0.2, 0.25) is 0 Å². The molecule has 0 aliphatic heterocycles. The van der Waals surface area contributed by atoms with Gasteiger partial charge in [-0.05, 0) is 80.9 Å². The van der Waals surface area contributed by atoms with Crippen molar-refractivity contribution in [3.05, 3.63) is 29.3 Å². The van der Waals surface area contributed by atoms with E-state index in [0.717, 1.165) is 77.0 Å². The zero-order valence-electron chi connectivity index (χ0n) is 23.2. The van der Waals surface area contributed by atoms with Crippen molar-refractivity contribution in [3.8, 4) is 0 Å². The number of anilines is 1. The smallest absolute Gasteiger partial charge is 0.254 e. The van der Waals surface area contributed by atoms with Crippen molar-refractivity contribution >= 4 is 23.4 Å². The van der Waals surface area contributed by atoms with Crippen molar-refractivity contribution in [1.29, 1.82) is 0 Å². The number of nitrogens with one attached hydrogen (secondary N) is 1. The van der Waals surface area contributed by atoms with Crippen LogP contribution >= 0.6 is 0 Å². The number of carbonyl (C=O) groups is 3. The summed E-state index contributed by atoms with van der Waals surface area (Å²) in [5.74, 6) is -0.0509. The maximum atomic E-state index is 14.0. The number of amides is 3. The molecule has 4 rings (SSSR count). The fraction of sp³-hybridized carbons (Fsp3) is 0.710. The third kappa shape index (κ3) is 6.94. The monoisotopic (exact) mass is 509 g/mol. The molecule has 6 heteroatoms. The Morgan fingerprint density at radius 1 is 0.757 bits per heavy atom. The molecule has 204 valence electrons. The maximum Gasteiger partial charge on any atom is 0.254 e. The minimum atomic E-state index is -0.585. The maximum absolute atomic E-state index is 14.0. The van der Waals surface area contributed by atoms with Crippen LogP contribution in [0.1, 0.15) is 131 Å². The standard InChI is InChI=1S/C31H47N3O3/c1-31(2,3)24-16-14-21(15-17-24)29(36)33-25-19-22(28(32)35)18-23(20-25)30(37)34(26-10-6-4-7-11-26)27-12-8-5-9-13-27/h18-21,24,26-27H,4-17H2,1-3H3,(H2,32,35)(H,33,36). The van der Waals surface area contributed by atoms with Gasteiger partial charge in [0.1, 0.15) is 0 Å². The second-order valence-corrected chi connectivity index (χ2v) is 12.9. The molecule has 6 nitrogen and oxygen atoms in total. The summed E-state index contributed by atoms with van der Waals surface area (Å²) in [5, 5.41) is 3.04. The van der Waals surface area contributed by atoms with Crippen LogP contribution in [0.15, 0.2) is 18.2 Å². The number of nitrogens with two attached hydrogens (primary N) is 1. The summed E-state index contributed by atoms with van der Waals surface area (Å²) >= 11 is 0. The van der Waals surface area contributed by atoms with Crippen molar-refractivity contribution in [3.63, 3.8) is 0 Å². The molecule has 1 aromatic carbocycles. The first kappa shape index (κ1) is 27.7. The highest BCUT2D eigenvalue weighted by atomic mass is 16.2. The molecule has 0 saturated heterocycles. The quantitative estimate of drug-likeness (QED) is 0.448. The van der Waals surface area contributed by atoms with Gasteiger partial charge in [-0.2, -0.15) is 0 Å². The van der Waals surface area contributed by atoms with Crippen LogP contribution in [0, 0.1) is 17.3 Å². The molecule has 3 aliphatic carbocycles. The number of carbonyl (C=O) groups excluding carboxylic acids is 3. The van der Waals surface area contributed by atoms with Gasteiger partial charge in [0.05, 0.1) is 0 Å². The third-order valence-electron chi connectivity index (χ3n) is 9.23. The van der Waals surface area contributed by atoms with Crippen LogP contribution in [0.5, 0.6) is 0 Å². The summed E-state index contributed by atoms with van der Waals surface area (Å²) < 4.78 is 0. The van der Waals surface area contributed by atoms with Crippen LogP contribution in [0.3, 0.4) is 0 Å². The Bertz CT molecular complexity index is 944. The van der Waals surface area contributed by atoms with Gasteiger partial charge in [0.25, 0.3) is 5.91 Å². The Kier molecular flexibility index (Phi) is 8.97. The van der Waals surface area contributed by atoms with Gasteiger partial charge in [0.15, 0.2) is 0 Å². The van der Waals surface area contributed by atoms with Crippen molar-refractivity contribution in [2.24, 2.45) is 23.0 Å². The molecule has 3 amide bonds. The predicted molar refractivity (Wildman–Crippen MR) is 148 cm³/mol. The molecule has 0 atom stereocenters. The van der Waals surface area contributed by atoms with E-state index >= 15 is 0 Å². The van der Waals surface area contributed by atoms with Crippen molar-refractivity contribution in [2.75, 3.05) is 5.32 Å². The summed E-state index contributed by atoms with van der Waals surface area (Å²) in [6.07, 6.45) is 15.1. The SMILES string of the molecule is CC(C)(C)C1CCC(C(=O)Nc2cc(C(N)=O)cc(C(=O)N(C3CCCCC3)C3CCCCC3)c2)CC1. The van der Waals surface area contributed by atoms with Crippen LogP contribution in [0.25, 0.3) is 0 Å². The molecule has 0 radical (unpaired) electrons. The van der Waals surface area contributed by atoms with E-state index in [0.29, 0.717) is 17.2 Å². The summed E-state index contributed by atoms with van der Waals surface area (Å²) in [6.45, 7) is 6.82. The summed E-state index contributed by atoms with van der Waals surface area (Å²) in [7, 11) is 0. The zero-order valence-corrected chi connectivity index (χ0v) is 23.2. The molecule has 3 fully saturated rings. The first-order chi connectivity index (χ1) is 17.6. The highest BCUT2D eigenvalue weighted by Gasteiger charge is 2.34. The number of benzene rings is 1. The average molecular weight is 510 g/mol. The lowest BCUT2D eigenvalue weighted by atomic mass is 9.69. The number of hydrogen-bond donors (Lipinski definition) is 2. The van der Waals surface area contributed by atoms with Gasteiger partial charge < -0.3 is 16.0 Å². The second-order valence-electron chi connectivity index (χ2n) is 12.9. The minimum Gasteiger partial charge on any atom is -0.366 e. The van der Waals surface area contributed by atoms with Crippen LogP contribution in [-0.4, -0.2) is 34.7 Å². The summed E-state index contributed by atoms with van der Waals surface area (Å²) in [4.78, 5) is 41.6. The Morgan fingerprint density at radius 2 is 1.27 bits per heavy atom. The second kappa shape index (κ2) is 12.0. The first-order valence-corrected chi connectivity index (χ1v) is 14.7. The molecule has 3 N–H and O–H groups in total. The lowest BCUT2D eigenvalue weighted by Crippen LogP contribution is -2.48. The van der Waals surface area contributed by atoms with Gasteiger partial charge in [0, 0.05) is 34.8 Å². The lowest BCUT2D eigenvalue weighted by Gasteiger charge is -2.42. The molecule has 0 bridgehead atoms. The molecule has 3 aliphatic rings. The molecule has 1 aromatic rings. The molecule has 0 unspecified atom stereocenters. The summed E-state index contributed by atoms with van der Waals surface area (Å²) in [6, 6.07) is 5.48. The molecular weight excluding hydrogens is 462 g/mol. The Morgan fingerprint density at radius 3 is 1.76 bits per heavy atom. The minimum absolute atomic E-state index is 0.0243. The lowest BCUT2D eigenvalue weighted by molar-refractivity contribution is -0.121. The molecule has 37 heavy (non-hydrogen) atoms. The largest absolute Gasteiger partial charge is 0.366 e. The van der Waals surface area contributed by atoms with Crippen LogP contribution in [0.4, 0.5) is 5.69 Å². The number of hydrogen-bond acceptors (Lipinski definition) is 3. The van der Waals surface area contributed by atoms with E-state index < -0.39 is 5.91 Å². The average Bonchev–Trinajstić information content (AvgIpc) is 2.89. The highest BCUT2D eigenvalue weighted by molar-refractivity contribution is 6.02. The highest BCUT2D eigenvalue weighted by Crippen LogP contribution is 2.40. The van der Waals surface area contributed by atoms with E-state index in [4.69, 9.17) is 5.73 Å². The van der Waals surface area contributed by atoms with Crippen LogP contribution < -0.4 is 11.1 Å². The fourth-order valence-electron chi connectivity index (χ4n) is 6.93. The molecule has 3 saturated carbocycles. The van der Waals surface area contributed by atoms with E-state index in [-0.39, 0.29) is 40.8 Å². The summed E-state index contributed by atoms with van der Waals surface area (Å²) in [5.41, 5.74) is 7.15. The first-order valence-electron chi connectivity index (χ1n) is 14.7. The van der Waals surface area contributed by atoms with Crippen LogP contribution in [-0.2, 0) is 4.79 Å². The van der Waals surface area contributed by atoms with E-state index in [1.54, 1.807) is 18.2 Å². The Hall–Kier alpha value is -2.37. The topological polar surface area (TPSA) is 92.5 Å². The number of rotatable bonds is 6. The third-order valence-corrected chi connectivity index (χ3v) is 9.23. The molecule has 0 aromatic heterocycles. The van der Waals surface area contributed by atoms with E-state index in [1.807, 2.05) is 0 Å². The van der Waals surface area contributed by atoms with Gasteiger partial charge in [-0.3, -0.25) is 14.4 Å². The Labute approximate surface area is 223 Å². The predicted octanol–water partition coefficient (Wildman–Crippen LogP) is 6.68. The van der Waals surface area contributed by atoms with Gasteiger partial charge in [-0.1, -0.05) is 59.3 Å². The van der Waals surface area contributed by atoms with Gasteiger partial charge >= 0.3 is 0 Å². The normalized spacial score (nSPS) is 23.9. The van der Waals surface area contributed by atoms with Gasteiger partial charge in [-0.15, -0.1) is 0 Å². The van der Waals surface area contributed by atoms with Gasteiger partial charge in [-0.25, -0.2) is 0 Å².